The number of aromatic amines is 1. The molecule has 1 saturated carbocycles. The average Bonchev–Trinajstić information content (AvgIpc) is 3.43. The van der Waals surface area contributed by atoms with Crippen molar-refractivity contribution in [2.75, 3.05) is 23.4 Å². The lowest BCUT2D eigenvalue weighted by Gasteiger charge is -2.21. The minimum absolute atomic E-state index is 0.0357. The van der Waals surface area contributed by atoms with Gasteiger partial charge in [-0.25, -0.2) is 0 Å². The number of hydrogen-bond acceptors (Lipinski definition) is 5. The summed E-state index contributed by atoms with van der Waals surface area (Å²) in [4.78, 5) is 17.6. The van der Waals surface area contributed by atoms with Crippen LogP contribution in [0.15, 0.2) is 36.8 Å². The number of H-pyrrole nitrogens is 1. The Balaban J connectivity index is 1.40. The van der Waals surface area contributed by atoms with Crippen molar-refractivity contribution in [3.63, 3.8) is 0 Å². The number of carbonyl (C=O) groups is 1. The largest absolute Gasteiger partial charge is 0.381 e. The number of anilines is 1. The maximum atomic E-state index is 13.1. The minimum Gasteiger partial charge on any atom is -0.381 e. The summed E-state index contributed by atoms with van der Waals surface area (Å²) < 4.78 is 0. The van der Waals surface area contributed by atoms with Gasteiger partial charge in [0, 0.05) is 35.9 Å². The first-order valence-electron chi connectivity index (χ1n) is 10.8. The third-order valence-corrected chi connectivity index (χ3v) is 7.10. The zero-order valence-electron chi connectivity index (χ0n) is 17.0. The van der Waals surface area contributed by atoms with E-state index in [4.69, 9.17) is 0 Å². The fraction of sp³-hybridized carbons (Fsp3) is 0.435. The lowest BCUT2D eigenvalue weighted by molar-refractivity contribution is 0.0951. The Hall–Kier alpha value is -2.54. The predicted molar refractivity (Wildman–Crippen MR) is 123 cm³/mol. The lowest BCUT2D eigenvalue weighted by atomic mass is 9.99. The molecule has 0 radical (unpaired) electrons. The smallest absolute Gasteiger partial charge is 0.254 e. The molecule has 1 saturated heterocycles. The number of carbonyl (C=O) groups excluding carboxylic acids is 1. The molecule has 1 aliphatic carbocycles. The zero-order valence-corrected chi connectivity index (χ0v) is 17.8. The second-order valence-electron chi connectivity index (χ2n) is 8.28. The number of rotatable bonds is 7. The van der Waals surface area contributed by atoms with Gasteiger partial charge in [-0.05, 0) is 67.2 Å². The number of pyridine rings is 1. The topological polar surface area (TPSA) is 82.7 Å². The van der Waals surface area contributed by atoms with Crippen molar-refractivity contribution >= 4 is 34.3 Å². The molecule has 3 aromatic rings. The van der Waals surface area contributed by atoms with Gasteiger partial charge >= 0.3 is 0 Å². The van der Waals surface area contributed by atoms with Gasteiger partial charge in [-0.3, -0.25) is 14.9 Å². The molecule has 0 atom stereocenters. The van der Waals surface area contributed by atoms with Gasteiger partial charge in [-0.1, -0.05) is 6.07 Å². The van der Waals surface area contributed by atoms with E-state index < -0.39 is 0 Å². The summed E-state index contributed by atoms with van der Waals surface area (Å²) in [7, 11) is 0. The highest BCUT2D eigenvalue weighted by molar-refractivity contribution is 7.99. The van der Waals surface area contributed by atoms with E-state index in [1.165, 1.54) is 24.3 Å². The van der Waals surface area contributed by atoms with Crippen molar-refractivity contribution in [3.8, 4) is 11.1 Å². The Kier molecular flexibility index (Phi) is 5.62. The SMILES string of the molecule is O=C(NCCC1CCSCC1)c1cnc2ccc(-c3cn[nH]c3)cc2c1NC1CC1. The van der Waals surface area contributed by atoms with Gasteiger partial charge in [0.2, 0.25) is 0 Å². The Morgan fingerprint density at radius 2 is 2.00 bits per heavy atom. The van der Waals surface area contributed by atoms with Gasteiger partial charge in [-0.15, -0.1) is 0 Å². The number of benzene rings is 1. The molecule has 2 aliphatic rings. The van der Waals surface area contributed by atoms with Gasteiger partial charge in [-0.2, -0.15) is 16.9 Å². The third-order valence-electron chi connectivity index (χ3n) is 6.05. The maximum absolute atomic E-state index is 13.1. The monoisotopic (exact) mass is 421 g/mol. The van der Waals surface area contributed by atoms with Crippen molar-refractivity contribution in [3.05, 3.63) is 42.4 Å². The van der Waals surface area contributed by atoms with E-state index in [0.29, 0.717) is 11.6 Å². The molecular formula is C23H27N5OS. The lowest BCUT2D eigenvalue weighted by Crippen LogP contribution is -2.28. The number of fused-ring (bicyclic) bond motifs is 1. The number of hydrogen-bond donors (Lipinski definition) is 3. The molecule has 3 heterocycles. The molecule has 2 aromatic heterocycles. The zero-order chi connectivity index (χ0) is 20.3. The first kappa shape index (κ1) is 19.4. The average molecular weight is 422 g/mol. The van der Waals surface area contributed by atoms with Crippen LogP contribution in [0.2, 0.25) is 0 Å². The van der Waals surface area contributed by atoms with Gasteiger partial charge in [0.15, 0.2) is 0 Å². The molecule has 156 valence electrons. The molecule has 1 amide bonds. The molecular weight excluding hydrogens is 394 g/mol. The second kappa shape index (κ2) is 8.68. The second-order valence-corrected chi connectivity index (χ2v) is 9.51. The fourth-order valence-electron chi connectivity index (χ4n) is 4.06. The molecule has 30 heavy (non-hydrogen) atoms. The van der Waals surface area contributed by atoms with E-state index in [0.717, 1.165) is 59.4 Å². The molecule has 6 nitrogen and oxygen atoms in total. The normalized spacial score (nSPS) is 17.2. The van der Waals surface area contributed by atoms with Crippen LogP contribution in [0.3, 0.4) is 0 Å². The summed E-state index contributed by atoms with van der Waals surface area (Å²) in [5.74, 6) is 3.21. The predicted octanol–water partition coefficient (Wildman–Crippen LogP) is 4.46. The van der Waals surface area contributed by atoms with Crippen LogP contribution < -0.4 is 10.6 Å². The summed E-state index contributed by atoms with van der Waals surface area (Å²) in [6.07, 6.45) is 11.3. The van der Waals surface area contributed by atoms with Crippen LogP contribution >= 0.6 is 11.8 Å². The summed E-state index contributed by atoms with van der Waals surface area (Å²) in [6, 6.07) is 6.61. The molecule has 7 heteroatoms. The summed E-state index contributed by atoms with van der Waals surface area (Å²) in [5.41, 5.74) is 4.51. The van der Waals surface area contributed by atoms with Crippen molar-refractivity contribution in [2.24, 2.45) is 5.92 Å². The number of nitrogens with zero attached hydrogens (tertiary/aromatic N) is 2. The van der Waals surface area contributed by atoms with Crippen LogP contribution in [0.5, 0.6) is 0 Å². The summed E-state index contributed by atoms with van der Waals surface area (Å²) >= 11 is 2.04. The molecule has 0 bridgehead atoms. The maximum Gasteiger partial charge on any atom is 0.254 e. The molecule has 0 spiro atoms. The van der Waals surface area contributed by atoms with Crippen molar-refractivity contribution < 1.29 is 4.79 Å². The fourth-order valence-corrected chi connectivity index (χ4v) is 5.26. The highest BCUT2D eigenvalue weighted by Gasteiger charge is 2.25. The molecule has 3 N–H and O–H groups in total. The van der Waals surface area contributed by atoms with Crippen LogP contribution in [-0.2, 0) is 0 Å². The van der Waals surface area contributed by atoms with Crippen LogP contribution in [0.1, 0.15) is 42.5 Å². The van der Waals surface area contributed by atoms with Crippen LogP contribution in [0.4, 0.5) is 5.69 Å². The van der Waals surface area contributed by atoms with E-state index in [1.807, 2.05) is 36.3 Å². The standard InChI is InChI=1S/C23H27N5OS/c29-23(24-8-5-15-6-9-30-10-7-15)20-14-25-21-4-1-16(17-12-26-27-13-17)11-19(21)22(20)28-18-2-3-18/h1,4,11-15,18H,2-3,5-10H2,(H,24,29)(H,25,28)(H,26,27). The first-order chi connectivity index (χ1) is 14.8. The van der Waals surface area contributed by atoms with E-state index >= 15 is 0 Å². The van der Waals surface area contributed by atoms with Crippen LogP contribution in [-0.4, -0.2) is 45.2 Å². The van der Waals surface area contributed by atoms with Crippen molar-refractivity contribution in [1.82, 2.24) is 20.5 Å². The molecule has 5 rings (SSSR count). The van der Waals surface area contributed by atoms with E-state index in [2.05, 4.69) is 31.9 Å². The first-order valence-corrected chi connectivity index (χ1v) is 12.0. The Morgan fingerprint density at radius 3 is 2.77 bits per heavy atom. The van der Waals surface area contributed by atoms with E-state index in [1.54, 1.807) is 6.20 Å². The summed E-state index contributed by atoms with van der Waals surface area (Å²) in [5, 5.41) is 14.6. The number of aromatic nitrogens is 3. The molecule has 1 aliphatic heterocycles. The Bertz CT molecular complexity index is 1030. The quantitative estimate of drug-likeness (QED) is 0.525. The number of nitrogens with one attached hydrogen (secondary N) is 3. The van der Waals surface area contributed by atoms with Crippen LogP contribution in [0, 0.1) is 5.92 Å². The Morgan fingerprint density at radius 1 is 1.13 bits per heavy atom. The number of thioether (sulfide) groups is 1. The van der Waals surface area contributed by atoms with E-state index in [-0.39, 0.29) is 5.91 Å². The van der Waals surface area contributed by atoms with Crippen LogP contribution in [0.25, 0.3) is 22.0 Å². The van der Waals surface area contributed by atoms with Gasteiger partial charge < -0.3 is 10.6 Å². The minimum atomic E-state index is -0.0357. The Labute approximate surface area is 180 Å². The summed E-state index contributed by atoms with van der Waals surface area (Å²) in [6.45, 7) is 0.726. The van der Waals surface area contributed by atoms with Crippen molar-refractivity contribution in [2.45, 2.75) is 38.1 Å². The van der Waals surface area contributed by atoms with Gasteiger partial charge in [0.25, 0.3) is 5.91 Å². The highest BCUT2D eigenvalue weighted by Crippen LogP contribution is 2.34. The number of amides is 1. The van der Waals surface area contributed by atoms with E-state index in [9.17, 15) is 4.79 Å². The van der Waals surface area contributed by atoms with Crippen molar-refractivity contribution in [1.29, 1.82) is 0 Å². The molecule has 2 fully saturated rings. The highest BCUT2D eigenvalue weighted by atomic mass is 32.2. The molecule has 1 aromatic carbocycles. The van der Waals surface area contributed by atoms with Gasteiger partial charge in [0.05, 0.1) is 23.0 Å². The third kappa shape index (κ3) is 4.31. The molecule has 0 unspecified atom stereocenters. The van der Waals surface area contributed by atoms with Gasteiger partial charge in [0.1, 0.15) is 0 Å².